The zero-order valence-electron chi connectivity index (χ0n) is 21.5. The molecule has 0 amide bonds. The Morgan fingerprint density at radius 1 is 1.11 bits per heavy atom. The van der Waals surface area contributed by atoms with E-state index < -0.39 is 0 Å². The highest BCUT2D eigenvalue weighted by Gasteiger charge is 2.30. The minimum Gasteiger partial charge on any atom is -0.494 e. The van der Waals surface area contributed by atoms with Crippen LogP contribution >= 0.6 is 0 Å². The Hall–Kier alpha value is -3.59. The van der Waals surface area contributed by atoms with Crippen molar-refractivity contribution >= 4 is 28.7 Å². The van der Waals surface area contributed by atoms with E-state index in [-0.39, 0.29) is 18.0 Å². The van der Waals surface area contributed by atoms with E-state index in [0.717, 1.165) is 49.0 Å². The predicted molar refractivity (Wildman–Crippen MR) is 144 cm³/mol. The highest BCUT2D eigenvalue weighted by Crippen LogP contribution is 2.41. The van der Waals surface area contributed by atoms with E-state index in [1.807, 2.05) is 25.1 Å². The van der Waals surface area contributed by atoms with Gasteiger partial charge in [0.1, 0.15) is 11.6 Å². The fourth-order valence-corrected chi connectivity index (χ4v) is 5.04. The Morgan fingerprint density at radius 3 is 2.61 bits per heavy atom. The number of halogens is 1. The van der Waals surface area contributed by atoms with Crippen LogP contribution in [-0.2, 0) is 0 Å². The van der Waals surface area contributed by atoms with E-state index in [0.29, 0.717) is 22.9 Å². The van der Waals surface area contributed by atoms with Gasteiger partial charge in [0.2, 0.25) is 5.95 Å². The number of nitrogens with one attached hydrogen (secondary N) is 2. The van der Waals surface area contributed by atoms with Gasteiger partial charge >= 0.3 is 0 Å². The second-order valence-electron chi connectivity index (χ2n) is 9.74. The van der Waals surface area contributed by atoms with Crippen LogP contribution < -0.4 is 25.2 Å². The van der Waals surface area contributed by atoms with Crippen molar-refractivity contribution in [1.29, 1.82) is 0 Å². The molecule has 1 aromatic heterocycles. The monoisotopic (exact) mass is 491 g/mol. The maximum atomic E-state index is 15.0. The number of piperazine rings is 1. The van der Waals surface area contributed by atoms with Gasteiger partial charge in [-0.2, -0.15) is 0 Å². The summed E-state index contributed by atoms with van der Waals surface area (Å²) in [4.78, 5) is 16.0. The predicted octanol–water partition coefficient (Wildman–Crippen LogP) is 4.77. The fourth-order valence-electron chi connectivity index (χ4n) is 5.04. The topological polar surface area (TPSA) is 68.8 Å². The van der Waals surface area contributed by atoms with Gasteiger partial charge in [0.25, 0.3) is 0 Å². The fraction of sp³-hybridized carbons (Fsp3) is 0.407. The first-order chi connectivity index (χ1) is 17.3. The smallest absolute Gasteiger partial charge is 0.227 e. The van der Waals surface area contributed by atoms with E-state index in [1.165, 1.54) is 6.07 Å². The molecule has 1 fully saturated rings. The van der Waals surface area contributed by atoms with E-state index in [1.54, 1.807) is 19.4 Å². The van der Waals surface area contributed by atoms with Gasteiger partial charge in [-0.25, -0.2) is 14.4 Å². The van der Waals surface area contributed by atoms with Gasteiger partial charge in [-0.05, 0) is 58.2 Å². The lowest BCUT2D eigenvalue weighted by atomic mass is 10.1. The van der Waals surface area contributed by atoms with Crippen molar-refractivity contribution in [3.63, 3.8) is 0 Å². The molecule has 1 atom stereocenters. The molecule has 0 saturated carbocycles. The number of likely N-dealkylation sites (N-methyl/N-ethyl adjacent to an activating group) is 1. The Morgan fingerprint density at radius 2 is 1.89 bits per heavy atom. The van der Waals surface area contributed by atoms with Crippen LogP contribution in [0.3, 0.4) is 0 Å². The second kappa shape index (κ2) is 9.81. The maximum Gasteiger partial charge on any atom is 0.227 e. The molecule has 3 aromatic rings. The van der Waals surface area contributed by atoms with Crippen molar-refractivity contribution in [2.45, 2.75) is 33.0 Å². The van der Waals surface area contributed by atoms with Gasteiger partial charge in [-0.15, -0.1) is 0 Å². The van der Waals surface area contributed by atoms with Gasteiger partial charge in [0.15, 0.2) is 0 Å². The third-order valence-corrected chi connectivity index (χ3v) is 6.93. The number of fused-ring (bicyclic) bond motifs is 1. The summed E-state index contributed by atoms with van der Waals surface area (Å²) >= 11 is 0. The number of nitrogens with zero attached hydrogens (tertiary/aromatic N) is 5. The molecule has 0 radical (unpaired) electrons. The summed E-state index contributed by atoms with van der Waals surface area (Å²) in [7, 11) is 3.81. The zero-order chi connectivity index (χ0) is 25.4. The van der Waals surface area contributed by atoms with Crippen LogP contribution in [-0.4, -0.2) is 67.4 Å². The summed E-state index contributed by atoms with van der Waals surface area (Å²) in [5.74, 6) is 0.856. The molecular formula is C27H34FN7O. The number of hydrogen-bond acceptors (Lipinski definition) is 8. The van der Waals surface area contributed by atoms with Gasteiger partial charge in [-0.1, -0.05) is 0 Å². The first-order valence-electron chi connectivity index (χ1n) is 12.4. The Bertz CT molecular complexity index is 1240. The molecule has 0 bridgehead atoms. The number of benzene rings is 2. The molecule has 2 aliphatic rings. The average Bonchev–Trinajstić information content (AvgIpc) is 3.21. The Kier molecular flexibility index (Phi) is 6.57. The quantitative estimate of drug-likeness (QED) is 0.511. The Labute approximate surface area is 212 Å². The molecule has 1 unspecified atom stereocenters. The van der Waals surface area contributed by atoms with Crippen molar-refractivity contribution in [1.82, 2.24) is 14.9 Å². The lowest BCUT2D eigenvalue weighted by Gasteiger charge is -2.34. The molecule has 2 aromatic carbocycles. The molecule has 8 nitrogen and oxygen atoms in total. The number of methoxy groups -OCH3 is 1. The third-order valence-electron chi connectivity index (χ3n) is 6.93. The van der Waals surface area contributed by atoms with Crippen LogP contribution in [0.1, 0.15) is 20.8 Å². The van der Waals surface area contributed by atoms with Crippen LogP contribution in [0, 0.1) is 5.82 Å². The summed E-state index contributed by atoms with van der Waals surface area (Å²) in [6.45, 7) is 10.3. The number of rotatable bonds is 6. The van der Waals surface area contributed by atoms with Gasteiger partial charge in [0.05, 0.1) is 36.0 Å². The Balaban J connectivity index is 1.40. The van der Waals surface area contributed by atoms with Crippen LogP contribution in [0.2, 0.25) is 0 Å². The number of anilines is 5. The molecular weight excluding hydrogens is 457 g/mol. The highest BCUT2D eigenvalue weighted by molar-refractivity contribution is 5.82. The van der Waals surface area contributed by atoms with E-state index >= 15 is 4.39 Å². The van der Waals surface area contributed by atoms with Gasteiger partial charge in [-0.3, -0.25) is 0 Å². The van der Waals surface area contributed by atoms with Crippen LogP contribution in [0.4, 0.5) is 33.1 Å². The summed E-state index contributed by atoms with van der Waals surface area (Å²) in [6.07, 6.45) is 1.70. The van der Waals surface area contributed by atoms with E-state index in [4.69, 9.17) is 9.72 Å². The first kappa shape index (κ1) is 24.1. The average molecular weight is 492 g/mol. The lowest BCUT2D eigenvalue weighted by molar-refractivity contribution is 0.312. The van der Waals surface area contributed by atoms with Gasteiger partial charge < -0.3 is 30.1 Å². The minimum atomic E-state index is -0.285. The molecule has 9 heteroatoms. The number of ether oxygens (including phenoxy) is 1. The molecule has 2 aliphatic heterocycles. The zero-order valence-corrected chi connectivity index (χ0v) is 21.5. The largest absolute Gasteiger partial charge is 0.494 e. The van der Waals surface area contributed by atoms with Crippen molar-refractivity contribution in [2.24, 2.45) is 0 Å². The lowest BCUT2D eigenvalue weighted by Crippen LogP contribution is -2.44. The summed E-state index contributed by atoms with van der Waals surface area (Å²) in [5, 5.41) is 6.53. The number of hydrogen-bond donors (Lipinski definition) is 2. The second-order valence-corrected chi connectivity index (χ2v) is 9.74. The van der Waals surface area contributed by atoms with E-state index in [2.05, 4.69) is 57.3 Å². The van der Waals surface area contributed by atoms with Crippen molar-refractivity contribution < 1.29 is 9.13 Å². The molecule has 2 N–H and O–H groups in total. The third kappa shape index (κ3) is 4.63. The normalized spacial score (nSPS) is 17.8. The molecule has 190 valence electrons. The molecule has 0 spiro atoms. The molecule has 0 aliphatic carbocycles. The van der Waals surface area contributed by atoms with Crippen molar-refractivity contribution in [2.75, 3.05) is 60.8 Å². The molecule has 36 heavy (non-hydrogen) atoms. The molecule has 3 heterocycles. The van der Waals surface area contributed by atoms with Crippen LogP contribution in [0.25, 0.3) is 11.3 Å². The van der Waals surface area contributed by atoms with Crippen LogP contribution in [0.15, 0.2) is 42.6 Å². The summed E-state index contributed by atoms with van der Waals surface area (Å²) < 4.78 is 20.7. The SMILES string of the molecule is COc1cc(N2CCN(C)CC2)ccc1Nc1nccc(-c2cc(F)c3c(c2)N(C(C)C)C(C)N3)n1. The summed E-state index contributed by atoms with van der Waals surface area (Å²) in [6, 6.07) is 11.7. The minimum absolute atomic E-state index is 0.0219. The molecule has 1 saturated heterocycles. The standard InChI is InChI=1S/C27H34FN7O/c1-17(2)35-18(3)30-26-21(28)14-19(15-24(26)35)22-8-9-29-27(31-22)32-23-7-6-20(16-25(23)36-5)34-12-10-33(4)11-13-34/h6-9,14-18,30H,10-13H2,1-5H3,(H,29,31,32). The first-order valence-corrected chi connectivity index (χ1v) is 12.4. The summed E-state index contributed by atoms with van der Waals surface area (Å²) in [5.41, 5.74) is 4.64. The molecule has 5 rings (SSSR count). The van der Waals surface area contributed by atoms with Crippen molar-refractivity contribution in [3.05, 3.63) is 48.4 Å². The van der Waals surface area contributed by atoms with Crippen molar-refractivity contribution in [3.8, 4) is 17.0 Å². The van der Waals surface area contributed by atoms with E-state index in [9.17, 15) is 0 Å². The van der Waals surface area contributed by atoms with Gasteiger partial charge in [0, 0.05) is 55.7 Å². The number of aromatic nitrogens is 2. The van der Waals surface area contributed by atoms with Crippen LogP contribution in [0.5, 0.6) is 5.75 Å². The maximum absolute atomic E-state index is 15.0. The highest BCUT2D eigenvalue weighted by atomic mass is 19.1.